The van der Waals surface area contributed by atoms with E-state index in [0.717, 1.165) is 0 Å². The summed E-state index contributed by atoms with van der Waals surface area (Å²) in [5.41, 5.74) is 0.623. The van der Waals surface area contributed by atoms with Crippen LogP contribution in [0.25, 0.3) is 0 Å². The van der Waals surface area contributed by atoms with Crippen molar-refractivity contribution in [1.82, 2.24) is 0 Å². The summed E-state index contributed by atoms with van der Waals surface area (Å²) < 4.78 is 4.99. The van der Waals surface area contributed by atoms with Crippen LogP contribution in [0.1, 0.15) is 25.3 Å². The molecule has 1 aromatic rings. The number of benzene rings is 1. The normalized spacial score (nSPS) is 22.6. The fourth-order valence-corrected chi connectivity index (χ4v) is 1.85. The zero-order valence-corrected chi connectivity index (χ0v) is 10.6. The second-order valence-electron chi connectivity index (χ2n) is 3.97. The number of Topliss-reactive ketones (excluding diaryl/α,β-unsaturated/α-hetero) is 1. The molecule has 2 rings (SSSR count). The molecule has 1 aromatic carbocycles. The van der Waals surface area contributed by atoms with Gasteiger partial charge in [-0.2, -0.15) is 0 Å². The Balaban J connectivity index is 2.32. The van der Waals surface area contributed by atoms with E-state index in [9.17, 15) is 9.59 Å². The second-order valence-corrected chi connectivity index (χ2v) is 4.51. The Bertz CT molecular complexity index is 512. The minimum Gasteiger partial charge on any atom is -0.404 e. The van der Waals surface area contributed by atoms with Crippen LogP contribution in [0.15, 0.2) is 35.3 Å². The third-order valence-electron chi connectivity index (χ3n) is 2.58. The number of rotatable bonds is 4. The minimum atomic E-state index is -1.90. The molecule has 1 atom stereocenters. The number of cyclic esters (lactones) is 1. The highest BCUT2D eigenvalue weighted by molar-refractivity contribution is 6.48. The van der Waals surface area contributed by atoms with Gasteiger partial charge in [-0.1, -0.05) is 36.7 Å². The van der Waals surface area contributed by atoms with Gasteiger partial charge in [0.1, 0.15) is 0 Å². The van der Waals surface area contributed by atoms with Crippen LogP contribution >= 0.6 is 11.6 Å². The Morgan fingerprint density at radius 2 is 2.06 bits per heavy atom. The highest BCUT2D eigenvalue weighted by atomic mass is 35.5. The van der Waals surface area contributed by atoms with Gasteiger partial charge in [0, 0.05) is 12.0 Å². The van der Waals surface area contributed by atoms with E-state index in [1.807, 2.05) is 13.0 Å². The number of ketones is 1. The first kappa shape index (κ1) is 12.8. The molecule has 1 aliphatic heterocycles. The van der Waals surface area contributed by atoms with E-state index in [0.29, 0.717) is 12.0 Å². The number of halogens is 1. The van der Waals surface area contributed by atoms with Gasteiger partial charge in [-0.3, -0.25) is 4.79 Å². The van der Waals surface area contributed by atoms with Gasteiger partial charge < -0.3 is 4.74 Å². The maximum Gasteiger partial charge on any atom is 0.364 e. The predicted molar refractivity (Wildman–Crippen MR) is 67.6 cm³/mol. The maximum atomic E-state index is 11.8. The fraction of sp³-hybridized carbons (Fsp3) is 0.308. The number of carbonyl (C=O) groups excluding carboxylic acids is 2. The van der Waals surface area contributed by atoms with Crippen molar-refractivity contribution in [3.05, 3.63) is 35.9 Å². The van der Waals surface area contributed by atoms with Gasteiger partial charge in [-0.25, -0.2) is 9.79 Å². The van der Waals surface area contributed by atoms with Crippen LogP contribution in [0.5, 0.6) is 0 Å². The molecule has 0 bridgehead atoms. The highest BCUT2D eigenvalue weighted by Gasteiger charge is 2.50. The number of hydrogen-bond acceptors (Lipinski definition) is 4. The topological polar surface area (TPSA) is 55.7 Å². The second kappa shape index (κ2) is 4.90. The van der Waals surface area contributed by atoms with Gasteiger partial charge in [0.25, 0.3) is 5.00 Å². The van der Waals surface area contributed by atoms with E-state index >= 15 is 0 Å². The summed E-state index contributed by atoms with van der Waals surface area (Å²) in [6, 6.07) is 8.87. The Morgan fingerprint density at radius 3 is 2.67 bits per heavy atom. The summed E-state index contributed by atoms with van der Waals surface area (Å²) >= 11 is 5.98. The van der Waals surface area contributed by atoms with Crippen molar-refractivity contribution in [2.45, 2.75) is 24.8 Å². The van der Waals surface area contributed by atoms with E-state index in [4.69, 9.17) is 16.3 Å². The quantitative estimate of drug-likeness (QED) is 0.363. The molecule has 0 spiro atoms. The standard InChI is InChI=1S/C13H12ClNO3/c1-2-6-10(16)13(14)12(17)18-11(15-13)9-7-4-3-5-8-9/h3-5,7-8H,2,6H2,1H3. The van der Waals surface area contributed by atoms with Crippen molar-refractivity contribution in [3.63, 3.8) is 0 Å². The summed E-state index contributed by atoms with van der Waals surface area (Å²) in [5.74, 6) is -1.15. The Labute approximate surface area is 110 Å². The van der Waals surface area contributed by atoms with E-state index in [1.165, 1.54) is 0 Å². The first-order chi connectivity index (χ1) is 8.58. The lowest BCUT2D eigenvalue weighted by molar-refractivity contribution is -0.140. The number of alkyl halides is 1. The number of ether oxygens (including phenoxy) is 1. The van der Waals surface area contributed by atoms with E-state index in [-0.39, 0.29) is 12.3 Å². The Morgan fingerprint density at radius 1 is 1.39 bits per heavy atom. The molecule has 0 fully saturated rings. The third kappa shape index (κ3) is 2.16. The van der Waals surface area contributed by atoms with Crippen LogP contribution < -0.4 is 0 Å². The first-order valence-corrected chi connectivity index (χ1v) is 6.05. The first-order valence-electron chi connectivity index (χ1n) is 5.67. The molecule has 94 valence electrons. The summed E-state index contributed by atoms with van der Waals surface area (Å²) in [6.45, 7) is 1.83. The number of esters is 1. The molecule has 1 heterocycles. The Kier molecular flexibility index (Phi) is 3.48. The lowest BCUT2D eigenvalue weighted by atomic mass is 10.1. The largest absolute Gasteiger partial charge is 0.404 e. The molecule has 0 amide bonds. The van der Waals surface area contributed by atoms with Gasteiger partial charge in [0.05, 0.1) is 0 Å². The molecule has 0 N–H and O–H groups in total. The molecule has 0 saturated carbocycles. The summed E-state index contributed by atoms with van der Waals surface area (Å²) in [5, 5.41) is 0. The number of aliphatic imine (C=N–C) groups is 1. The molecule has 0 aromatic heterocycles. The molecule has 18 heavy (non-hydrogen) atoms. The smallest absolute Gasteiger partial charge is 0.364 e. The van der Waals surface area contributed by atoms with Crippen LogP contribution in [0.2, 0.25) is 0 Å². The van der Waals surface area contributed by atoms with Crippen LogP contribution in [0.4, 0.5) is 0 Å². The predicted octanol–water partition coefficient (Wildman–Crippen LogP) is 2.29. The van der Waals surface area contributed by atoms with Crippen molar-refractivity contribution >= 4 is 29.3 Å². The molecule has 0 saturated heterocycles. The monoisotopic (exact) mass is 265 g/mol. The molecule has 0 aliphatic carbocycles. The zero-order valence-electron chi connectivity index (χ0n) is 9.85. The van der Waals surface area contributed by atoms with Crippen molar-refractivity contribution < 1.29 is 14.3 Å². The van der Waals surface area contributed by atoms with Gasteiger partial charge in [0.2, 0.25) is 5.90 Å². The van der Waals surface area contributed by atoms with Crippen LogP contribution in [-0.4, -0.2) is 22.6 Å². The molecule has 1 aliphatic rings. The number of nitrogens with zero attached hydrogens (tertiary/aromatic N) is 1. The van der Waals surface area contributed by atoms with Crippen molar-refractivity contribution in [2.75, 3.05) is 0 Å². The molecule has 4 nitrogen and oxygen atoms in total. The fourth-order valence-electron chi connectivity index (χ4n) is 1.64. The van der Waals surface area contributed by atoms with E-state index < -0.39 is 16.8 Å². The van der Waals surface area contributed by atoms with Crippen LogP contribution in [0.3, 0.4) is 0 Å². The van der Waals surface area contributed by atoms with E-state index in [2.05, 4.69) is 4.99 Å². The van der Waals surface area contributed by atoms with Gasteiger partial charge in [0.15, 0.2) is 5.78 Å². The zero-order chi connectivity index (χ0) is 13.2. The number of carbonyl (C=O) groups is 2. The molecular formula is C13H12ClNO3. The maximum absolute atomic E-state index is 11.8. The Hall–Kier alpha value is -1.68. The van der Waals surface area contributed by atoms with Crippen LogP contribution in [-0.2, 0) is 14.3 Å². The minimum absolute atomic E-state index is 0.0973. The summed E-state index contributed by atoms with van der Waals surface area (Å²) in [6.07, 6.45) is 0.806. The molecule has 5 heteroatoms. The van der Waals surface area contributed by atoms with Crippen molar-refractivity contribution in [3.8, 4) is 0 Å². The summed E-state index contributed by atoms with van der Waals surface area (Å²) in [4.78, 5) is 25.6. The van der Waals surface area contributed by atoms with Gasteiger partial charge >= 0.3 is 5.97 Å². The SMILES string of the molecule is CCCC(=O)C1(Cl)N=C(c2ccccc2)OC1=O. The third-order valence-corrected chi connectivity index (χ3v) is 3.03. The van der Waals surface area contributed by atoms with Crippen LogP contribution in [0, 0.1) is 0 Å². The molecule has 0 radical (unpaired) electrons. The lowest BCUT2D eigenvalue weighted by Crippen LogP contribution is -2.36. The van der Waals surface area contributed by atoms with Crippen molar-refractivity contribution in [1.29, 1.82) is 0 Å². The van der Waals surface area contributed by atoms with Gasteiger partial charge in [-0.05, 0) is 18.6 Å². The average Bonchev–Trinajstić information content (AvgIpc) is 2.69. The number of hydrogen-bond donors (Lipinski definition) is 0. The lowest BCUT2D eigenvalue weighted by Gasteiger charge is -2.10. The average molecular weight is 266 g/mol. The highest BCUT2D eigenvalue weighted by Crippen LogP contribution is 2.29. The van der Waals surface area contributed by atoms with Crippen molar-refractivity contribution in [2.24, 2.45) is 4.99 Å². The summed E-state index contributed by atoms with van der Waals surface area (Å²) in [7, 11) is 0. The van der Waals surface area contributed by atoms with E-state index in [1.54, 1.807) is 24.3 Å². The van der Waals surface area contributed by atoms with Gasteiger partial charge in [-0.15, -0.1) is 0 Å². The molecule has 1 unspecified atom stereocenters. The molecular weight excluding hydrogens is 254 g/mol.